The Kier molecular flexibility index (Phi) is 9.31. The number of ether oxygens (including phenoxy) is 1. The highest BCUT2D eigenvalue weighted by Crippen LogP contribution is 2.33. The van der Waals surface area contributed by atoms with E-state index in [2.05, 4.69) is 21.2 Å². The Morgan fingerprint density at radius 2 is 1.56 bits per heavy atom. The molecule has 2 amide bonds. The van der Waals surface area contributed by atoms with E-state index >= 15 is 0 Å². The SMILES string of the molecule is CC(C)(C)NC(=O)C(Cc1ccccc1)N(Cc1ccc(Cl)cc1)C(=O)COc1ccc2ccccc2c1Br. The van der Waals surface area contributed by atoms with Crippen LogP contribution in [0.3, 0.4) is 0 Å². The fourth-order valence-corrected chi connectivity index (χ4v) is 5.07. The van der Waals surface area contributed by atoms with E-state index < -0.39 is 11.6 Å². The normalized spacial score (nSPS) is 12.1. The summed E-state index contributed by atoms with van der Waals surface area (Å²) in [6.07, 6.45) is 0.363. The number of nitrogens with zero attached hydrogens (tertiary/aromatic N) is 1. The number of hydrogen-bond donors (Lipinski definition) is 1. The highest BCUT2D eigenvalue weighted by atomic mass is 79.9. The standard InChI is InChI=1S/C32H32BrClN2O3/c1-32(2,3)35-31(38)27(19-22-9-5-4-6-10-22)36(20-23-13-16-25(34)17-14-23)29(37)21-39-28-18-15-24-11-7-8-12-26(24)30(28)33/h4-18,27H,19-21H2,1-3H3,(H,35,38). The average Bonchev–Trinajstić information content (AvgIpc) is 2.91. The lowest BCUT2D eigenvalue weighted by Gasteiger charge is -2.33. The molecule has 0 radical (unpaired) electrons. The Morgan fingerprint density at radius 3 is 2.26 bits per heavy atom. The number of halogens is 2. The molecular formula is C32H32BrClN2O3. The van der Waals surface area contributed by atoms with Gasteiger partial charge in [0.25, 0.3) is 5.91 Å². The van der Waals surface area contributed by atoms with E-state index in [1.54, 1.807) is 17.0 Å². The Hall–Kier alpha value is -3.35. The predicted octanol–water partition coefficient (Wildman–Crippen LogP) is 7.19. The summed E-state index contributed by atoms with van der Waals surface area (Å²) < 4.78 is 6.82. The van der Waals surface area contributed by atoms with Gasteiger partial charge in [0.05, 0.1) is 4.47 Å². The first-order valence-corrected chi connectivity index (χ1v) is 14.0. The fraction of sp³-hybridized carbons (Fsp3) is 0.250. The Balaban J connectivity index is 1.65. The molecule has 202 valence electrons. The van der Waals surface area contributed by atoms with Gasteiger partial charge in [0.15, 0.2) is 6.61 Å². The lowest BCUT2D eigenvalue weighted by molar-refractivity contribution is -0.143. The smallest absolute Gasteiger partial charge is 0.261 e. The van der Waals surface area contributed by atoms with E-state index in [-0.39, 0.29) is 25.0 Å². The molecule has 0 saturated heterocycles. The molecular weight excluding hydrogens is 576 g/mol. The van der Waals surface area contributed by atoms with E-state index in [4.69, 9.17) is 16.3 Å². The van der Waals surface area contributed by atoms with Crippen molar-refractivity contribution in [3.05, 3.63) is 112 Å². The molecule has 0 aliphatic heterocycles. The van der Waals surface area contributed by atoms with Gasteiger partial charge in [-0.15, -0.1) is 0 Å². The summed E-state index contributed by atoms with van der Waals surface area (Å²) in [6, 6.07) is 28.0. The fourth-order valence-electron chi connectivity index (χ4n) is 4.34. The number of hydrogen-bond acceptors (Lipinski definition) is 3. The molecule has 4 aromatic rings. The van der Waals surface area contributed by atoms with Crippen LogP contribution in [0.1, 0.15) is 31.9 Å². The number of nitrogens with one attached hydrogen (secondary N) is 1. The molecule has 1 atom stereocenters. The largest absolute Gasteiger partial charge is 0.483 e. The molecule has 0 saturated carbocycles. The van der Waals surface area contributed by atoms with Crippen molar-refractivity contribution in [2.45, 2.75) is 45.3 Å². The highest BCUT2D eigenvalue weighted by molar-refractivity contribution is 9.10. The van der Waals surface area contributed by atoms with Crippen LogP contribution in [0.15, 0.2) is 95.5 Å². The number of carbonyl (C=O) groups is 2. The Bertz CT molecular complexity index is 1440. The summed E-state index contributed by atoms with van der Waals surface area (Å²) in [5.74, 6) is 0.0443. The molecule has 7 heteroatoms. The molecule has 4 rings (SSSR count). The molecule has 1 unspecified atom stereocenters. The summed E-state index contributed by atoms with van der Waals surface area (Å²) in [4.78, 5) is 29.1. The quantitative estimate of drug-likeness (QED) is 0.219. The van der Waals surface area contributed by atoms with Crippen molar-refractivity contribution in [2.24, 2.45) is 0 Å². The molecule has 39 heavy (non-hydrogen) atoms. The van der Waals surface area contributed by atoms with Crippen molar-refractivity contribution in [3.63, 3.8) is 0 Å². The van der Waals surface area contributed by atoms with Crippen LogP contribution in [0, 0.1) is 0 Å². The molecule has 5 nitrogen and oxygen atoms in total. The van der Waals surface area contributed by atoms with Crippen molar-refractivity contribution in [3.8, 4) is 5.75 Å². The highest BCUT2D eigenvalue weighted by Gasteiger charge is 2.32. The summed E-state index contributed by atoms with van der Waals surface area (Å²) >= 11 is 9.74. The van der Waals surface area contributed by atoms with Crippen molar-refractivity contribution in [1.29, 1.82) is 0 Å². The van der Waals surface area contributed by atoms with Gasteiger partial charge in [0.2, 0.25) is 5.91 Å². The summed E-state index contributed by atoms with van der Waals surface area (Å²) in [7, 11) is 0. The Labute approximate surface area is 243 Å². The molecule has 0 spiro atoms. The van der Waals surface area contributed by atoms with Crippen LogP contribution in [-0.4, -0.2) is 34.9 Å². The topological polar surface area (TPSA) is 58.6 Å². The lowest BCUT2D eigenvalue weighted by atomic mass is 10.0. The average molecular weight is 608 g/mol. The van der Waals surface area contributed by atoms with Gasteiger partial charge in [-0.05, 0) is 76.8 Å². The number of carbonyl (C=O) groups excluding carboxylic acids is 2. The van der Waals surface area contributed by atoms with Gasteiger partial charge in [-0.2, -0.15) is 0 Å². The van der Waals surface area contributed by atoms with Crippen LogP contribution < -0.4 is 10.1 Å². The third kappa shape index (κ3) is 7.84. The van der Waals surface area contributed by atoms with Gasteiger partial charge in [0, 0.05) is 23.5 Å². The van der Waals surface area contributed by atoms with Crippen LogP contribution in [0.25, 0.3) is 10.8 Å². The third-order valence-electron chi connectivity index (χ3n) is 6.21. The molecule has 0 aliphatic carbocycles. The molecule has 0 aromatic heterocycles. The zero-order valence-corrected chi connectivity index (χ0v) is 24.6. The number of amides is 2. The lowest BCUT2D eigenvalue weighted by Crippen LogP contribution is -2.55. The van der Waals surface area contributed by atoms with Crippen molar-refractivity contribution in [2.75, 3.05) is 6.61 Å². The molecule has 1 N–H and O–H groups in total. The van der Waals surface area contributed by atoms with Gasteiger partial charge in [-0.3, -0.25) is 9.59 Å². The first kappa shape index (κ1) is 28.7. The van der Waals surface area contributed by atoms with Crippen molar-refractivity contribution >= 4 is 50.1 Å². The maximum Gasteiger partial charge on any atom is 0.261 e. The minimum absolute atomic E-state index is 0.222. The van der Waals surface area contributed by atoms with E-state index in [1.165, 1.54) is 0 Å². The van der Waals surface area contributed by atoms with Crippen molar-refractivity contribution in [1.82, 2.24) is 10.2 Å². The van der Waals surface area contributed by atoms with Crippen molar-refractivity contribution < 1.29 is 14.3 Å². The van der Waals surface area contributed by atoms with Gasteiger partial charge in [-0.25, -0.2) is 0 Å². The van der Waals surface area contributed by atoms with Crippen LogP contribution in [0.4, 0.5) is 0 Å². The van der Waals surface area contributed by atoms with E-state index in [1.807, 2.05) is 99.6 Å². The van der Waals surface area contributed by atoms with Gasteiger partial charge >= 0.3 is 0 Å². The number of benzene rings is 4. The second-order valence-corrected chi connectivity index (χ2v) is 11.7. The second kappa shape index (κ2) is 12.7. The van der Waals surface area contributed by atoms with E-state index in [0.29, 0.717) is 17.2 Å². The van der Waals surface area contributed by atoms with Crippen LogP contribution in [-0.2, 0) is 22.6 Å². The van der Waals surface area contributed by atoms with E-state index in [9.17, 15) is 9.59 Å². The second-order valence-electron chi connectivity index (χ2n) is 10.5. The zero-order valence-electron chi connectivity index (χ0n) is 22.3. The van der Waals surface area contributed by atoms with Gasteiger partial charge in [0.1, 0.15) is 11.8 Å². The molecule has 0 fully saturated rings. The molecule has 0 heterocycles. The summed E-state index contributed by atoms with van der Waals surface area (Å²) in [6.45, 7) is 5.79. The minimum Gasteiger partial charge on any atom is -0.483 e. The molecule has 4 aromatic carbocycles. The first-order valence-electron chi connectivity index (χ1n) is 12.8. The Morgan fingerprint density at radius 1 is 0.897 bits per heavy atom. The van der Waals surface area contributed by atoms with E-state index in [0.717, 1.165) is 26.4 Å². The van der Waals surface area contributed by atoms with Crippen LogP contribution in [0.5, 0.6) is 5.75 Å². The van der Waals surface area contributed by atoms with Gasteiger partial charge < -0.3 is 15.0 Å². The first-order chi connectivity index (χ1) is 18.6. The maximum absolute atomic E-state index is 13.8. The third-order valence-corrected chi connectivity index (χ3v) is 7.28. The number of rotatable bonds is 9. The maximum atomic E-state index is 13.8. The molecule has 0 aliphatic rings. The number of fused-ring (bicyclic) bond motifs is 1. The van der Waals surface area contributed by atoms with Gasteiger partial charge in [-0.1, -0.05) is 84.4 Å². The van der Waals surface area contributed by atoms with Crippen LogP contribution >= 0.6 is 27.5 Å². The minimum atomic E-state index is -0.751. The predicted molar refractivity (Wildman–Crippen MR) is 161 cm³/mol. The summed E-state index contributed by atoms with van der Waals surface area (Å²) in [5, 5.41) is 5.73. The molecule has 0 bridgehead atoms. The zero-order chi connectivity index (χ0) is 28.0. The van der Waals surface area contributed by atoms with Crippen LogP contribution in [0.2, 0.25) is 5.02 Å². The summed E-state index contributed by atoms with van der Waals surface area (Å²) in [5.41, 5.74) is 1.35. The monoisotopic (exact) mass is 606 g/mol.